The van der Waals surface area contributed by atoms with Crippen LogP contribution in [0.3, 0.4) is 0 Å². The van der Waals surface area contributed by atoms with Crippen LogP contribution in [0.2, 0.25) is 0 Å². The average Bonchev–Trinajstić information content (AvgIpc) is 3.13. The van der Waals surface area contributed by atoms with E-state index in [2.05, 4.69) is 14.9 Å². The zero-order valence-electron chi connectivity index (χ0n) is 12.1. The summed E-state index contributed by atoms with van der Waals surface area (Å²) in [6.45, 7) is 3.93. The first-order valence-corrected chi connectivity index (χ1v) is 8.12. The molecule has 114 valence electrons. The number of hydrogen-bond donors (Lipinski definition) is 2. The second kappa shape index (κ2) is 5.36. The molecule has 2 aliphatic rings. The van der Waals surface area contributed by atoms with Crippen molar-refractivity contribution in [3.8, 4) is 0 Å². The molecular formula is C14H19N3O3S. The number of amides is 1. The fourth-order valence-corrected chi connectivity index (χ4v) is 4.53. The maximum Gasteiger partial charge on any atom is 0.308 e. The van der Waals surface area contributed by atoms with E-state index in [1.54, 1.807) is 0 Å². The van der Waals surface area contributed by atoms with Crippen LogP contribution < -0.4 is 5.32 Å². The van der Waals surface area contributed by atoms with Gasteiger partial charge in [0.05, 0.1) is 11.6 Å². The standard InChI is InChI=1S/C14H19N3O3S/c1-6(2)10-12(21-17-16-10)13(18)15-11-8-4-3-7(5-8)9(11)14(19)20/h6-9,11H,3-5H2,1-2H3,(H,15,18)(H,19,20). The minimum absolute atomic E-state index is 0.125. The Morgan fingerprint density at radius 3 is 2.71 bits per heavy atom. The van der Waals surface area contributed by atoms with Crippen LogP contribution in [0.25, 0.3) is 0 Å². The third-order valence-electron chi connectivity index (χ3n) is 4.77. The molecule has 2 bridgehead atoms. The van der Waals surface area contributed by atoms with Crippen molar-refractivity contribution in [3.05, 3.63) is 10.6 Å². The summed E-state index contributed by atoms with van der Waals surface area (Å²) in [5.41, 5.74) is 0.688. The van der Waals surface area contributed by atoms with Crippen LogP contribution in [0, 0.1) is 17.8 Å². The largest absolute Gasteiger partial charge is 0.481 e. The highest BCUT2D eigenvalue weighted by atomic mass is 32.1. The lowest BCUT2D eigenvalue weighted by atomic mass is 9.84. The maximum atomic E-state index is 12.5. The molecule has 0 aromatic carbocycles. The van der Waals surface area contributed by atoms with Gasteiger partial charge < -0.3 is 10.4 Å². The van der Waals surface area contributed by atoms with Crippen LogP contribution in [0.5, 0.6) is 0 Å². The maximum absolute atomic E-state index is 12.5. The Morgan fingerprint density at radius 1 is 1.33 bits per heavy atom. The molecule has 0 radical (unpaired) electrons. The number of carboxylic acids is 1. The average molecular weight is 309 g/mol. The molecule has 2 fully saturated rings. The Bertz CT molecular complexity index is 572. The number of fused-ring (bicyclic) bond motifs is 2. The van der Waals surface area contributed by atoms with Crippen LogP contribution in [0.4, 0.5) is 0 Å². The topological polar surface area (TPSA) is 92.2 Å². The number of nitrogens with one attached hydrogen (secondary N) is 1. The highest BCUT2D eigenvalue weighted by Gasteiger charge is 2.51. The smallest absolute Gasteiger partial charge is 0.308 e. The molecule has 2 aliphatic carbocycles. The molecule has 0 spiro atoms. The summed E-state index contributed by atoms with van der Waals surface area (Å²) < 4.78 is 3.86. The van der Waals surface area contributed by atoms with Gasteiger partial charge in [-0.15, -0.1) is 5.10 Å². The van der Waals surface area contributed by atoms with Gasteiger partial charge in [0.1, 0.15) is 4.88 Å². The molecule has 1 heterocycles. The van der Waals surface area contributed by atoms with E-state index in [9.17, 15) is 14.7 Å². The molecule has 2 saturated carbocycles. The number of nitrogens with zero attached hydrogens (tertiary/aromatic N) is 2. The minimum atomic E-state index is -0.793. The van der Waals surface area contributed by atoms with Gasteiger partial charge in [0.15, 0.2) is 0 Å². The summed E-state index contributed by atoms with van der Waals surface area (Å²) >= 11 is 1.08. The molecular weight excluding hydrogens is 290 g/mol. The molecule has 0 aliphatic heterocycles. The van der Waals surface area contributed by atoms with E-state index < -0.39 is 11.9 Å². The van der Waals surface area contributed by atoms with Crippen LogP contribution in [0.15, 0.2) is 0 Å². The monoisotopic (exact) mass is 309 g/mol. The van der Waals surface area contributed by atoms with Crippen molar-refractivity contribution in [1.82, 2.24) is 14.9 Å². The quantitative estimate of drug-likeness (QED) is 0.886. The van der Waals surface area contributed by atoms with E-state index in [1.807, 2.05) is 13.8 Å². The molecule has 1 aromatic heterocycles. The summed E-state index contributed by atoms with van der Waals surface area (Å²) in [4.78, 5) is 24.4. The molecule has 2 N–H and O–H groups in total. The molecule has 3 rings (SSSR count). The zero-order valence-corrected chi connectivity index (χ0v) is 12.9. The summed E-state index contributed by atoms with van der Waals surface area (Å²) in [6.07, 6.45) is 2.89. The molecule has 1 amide bonds. The van der Waals surface area contributed by atoms with E-state index in [0.717, 1.165) is 30.8 Å². The zero-order chi connectivity index (χ0) is 15.1. The first kappa shape index (κ1) is 14.4. The van der Waals surface area contributed by atoms with Crippen LogP contribution in [0.1, 0.15) is 54.4 Å². The second-order valence-electron chi connectivity index (χ2n) is 6.34. The Kier molecular flexibility index (Phi) is 3.69. The highest BCUT2D eigenvalue weighted by molar-refractivity contribution is 7.08. The van der Waals surface area contributed by atoms with Gasteiger partial charge in [-0.25, -0.2) is 0 Å². The summed E-state index contributed by atoms with van der Waals surface area (Å²) in [5.74, 6) is -0.835. The van der Waals surface area contributed by atoms with Gasteiger partial charge in [0, 0.05) is 6.04 Å². The van der Waals surface area contributed by atoms with Gasteiger partial charge in [-0.3, -0.25) is 9.59 Å². The summed E-state index contributed by atoms with van der Waals surface area (Å²) in [6, 6.07) is -0.254. The van der Waals surface area contributed by atoms with Crippen LogP contribution >= 0.6 is 11.5 Å². The van der Waals surface area contributed by atoms with E-state index in [1.165, 1.54) is 0 Å². The van der Waals surface area contributed by atoms with Crippen LogP contribution in [-0.2, 0) is 4.79 Å². The summed E-state index contributed by atoms with van der Waals surface area (Å²) in [7, 11) is 0. The van der Waals surface area contributed by atoms with E-state index in [-0.39, 0.29) is 23.8 Å². The van der Waals surface area contributed by atoms with Gasteiger partial charge in [-0.2, -0.15) is 0 Å². The number of aliphatic carboxylic acids is 1. The van der Waals surface area contributed by atoms with Gasteiger partial charge in [-0.05, 0) is 48.5 Å². The number of hydrogen-bond acceptors (Lipinski definition) is 5. The van der Waals surface area contributed by atoms with Crippen molar-refractivity contribution >= 4 is 23.4 Å². The Balaban J connectivity index is 1.78. The summed E-state index contributed by atoms with van der Waals surface area (Å²) in [5, 5.41) is 16.4. The minimum Gasteiger partial charge on any atom is -0.481 e. The van der Waals surface area contributed by atoms with Crippen molar-refractivity contribution < 1.29 is 14.7 Å². The third-order valence-corrected chi connectivity index (χ3v) is 5.51. The molecule has 4 atom stereocenters. The van der Waals surface area contributed by atoms with Gasteiger partial charge in [0.25, 0.3) is 5.91 Å². The molecule has 7 heteroatoms. The Morgan fingerprint density at radius 2 is 2.05 bits per heavy atom. The second-order valence-corrected chi connectivity index (χ2v) is 7.09. The predicted octanol–water partition coefficient (Wildman–Crippen LogP) is 1.89. The van der Waals surface area contributed by atoms with Crippen molar-refractivity contribution in [3.63, 3.8) is 0 Å². The van der Waals surface area contributed by atoms with Crippen LogP contribution in [-0.4, -0.2) is 32.6 Å². The number of rotatable bonds is 4. The number of aromatic nitrogens is 2. The van der Waals surface area contributed by atoms with Gasteiger partial charge in [0.2, 0.25) is 0 Å². The molecule has 4 unspecified atom stereocenters. The Hall–Kier alpha value is -1.50. The number of carbonyl (C=O) groups excluding carboxylic acids is 1. The normalized spacial score (nSPS) is 30.8. The highest BCUT2D eigenvalue weighted by Crippen LogP contribution is 2.48. The van der Waals surface area contributed by atoms with Crippen molar-refractivity contribution in [2.24, 2.45) is 17.8 Å². The Labute approximate surface area is 127 Å². The lowest BCUT2D eigenvalue weighted by molar-refractivity contribution is -0.144. The first-order valence-electron chi connectivity index (χ1n) is 7.35. The molecule has 21 heavy (non-hydrogen) atoms. The number of carboxylic acid groups (broad SMARTS) is 1. The third kappa shape index (κ3) is 2.43. The number of carbonyl (C=O) groups is 2. The van der Waals surface area contributed by atoms with Crippen molar-refractivity contribution in [2.45, 2.75) is 45.1 Å². The van der Waals surface area contributed by atoms with Gasteiger partial charge in [-0.1, -0.05) is 18.3 Å². The predicted molar refractivity (Wildman–Crippen MR) is 77.2 cm³/mol. The van der Waals surface area contributed by atoms with Crippen molar-refractivity contribution in [1.29, 1.82) is 0 Å². The molecule has 0 saturated heterocycles. The fourth-order valence-electron chi connectivity index (χ4n) is 3.80. The molecule has 1 aromatic rings. The fraction of sp³-hybridized carbons (Fsp3) is 0.714. The SMILES string of the molecule is CC(C)c1nnsc1C(=O)NC1C2CCC(C2)C1C(=O)O. The molecule has 6 nitrogen and oxygen atoms in total. The van der Waals surface area contributed by atoms with Gasteiger partial charge >= 0.3 is 5.97 Å². The van der Waals surface area contributed by atoms with E-state index in [4.69, 9.17) is 0 Å². The van der Waals surface area contributed by atoms with Crippen molar-refractivity contribution in [2.75, 3.05) is 0 Å². The van der Waals surface area contributed by atoms with E-state index in [0.29, 0.717) is 16.5 Å². The first-order chi connectivity index (χ1) is 9.99. The lowest BCUT2D eigenvalue weighted by Crippen LogP contribution is -2.46. The van der Waals surface area contributed by atoms with E-state index >= 15 is 0 Å². The lowest BCUT2D eigenvalue weighted by Gasteiger charge is -2.28.